The SMILES string of the molecule is CC1(C)CC(O)CC(C)(C)N1O.CC1(C)CC(OC(=O)CCCBr)CC(C)(C)N1O.CC1(C)CC(OC(=O)CCCBr)CC(C)(C)N1O.CC1(C)CC(OC(=O)CCC[P+](c2ccccc2)(c2ccccc2)c2ccccc2)CC(C)(C)N1O.[Br-]. The largest absolute Gasteiger partial charge is 1.00 e. The van der Waals surface area contributed by atoms with Gasteiger partial charge in [0.15, 0.2) is 0 Å². The monoisotopic (exact) mass is 1400 g/mol. The van der Waals surface area contributed by atoms with E-state index in [0.717, 1.165) is 36.1 Å². The summed E-state index contributed by atoms with van der Waals surface area (Å²) in [5.41, 5.74) is -3.01. The van der Waals surface area contributed by atoms with Crippen molar-refractivity contribution in [2.45, 2.75) is 269 Å². The highest BCUT2D eigenvalue weighted by atomic mass is 79.9. The molecule has 4 aliphatic rings. The van der Waals surface area contributed by atoms with Gasteiger partial charge in [0.25, 0.3) is 0 Å². The van der Waals surface area contributed by atoms with Crippen molar-refractivity contribution in [1.82, 2.24) is 20.3 Å². The van der Waals surface area contributed by atoms with Crippen LogP contribution in [0.1, 0.15) is 201 Å². The van der Waals surface area contributed by atoms with Gasteiger partial charge in [-0.25, -0.2) is 0 Å². The van der Waals surface area contributed by atoms with Crippen LogP contribution in [-0.2, 0) is 28.6 Å². The van der Waals surface area contributed by atoms with Crippen LogP contribution in [0, 0.1) is 0 Å². The summed E-state index contributed by atoms with van der Waals surface area (Å²) in [6.45, 7) is 31.5. The zero-order valence-corrected chi connectivity index (χ0v) is 59.7. The Labute approximate surface area is 538 Å². The van der Waals surface area contributed by atoms with Crippen LogP contribution in [0.2, 0.25) is 0 Å². The first-order valence-electron chi connectivity index (χ1n) is 30.2. The van der Waals surface area contributed by atoms with Gasteiger partial charge in [-0.05, 0) is 179 Å². The number of benzene rings is 3. The lowest BCUT2D eigenvalue weighted by atomic mass is 9.80. The summed E-state index contributed by atoms with van der Waals surface area (Å²) in [7, 11) is -1.95. The molecule has 0 amide bonds. The number of esters is 3. The van der Waals surface area contributed by atoms with E-state index in [0.29, 0.717) is 70.6 Å². The highest BCUT2D eigenvalue weighted by Crippen LogP contribution is 2.56. The fourth-order valence-electron chi connectivity index (χ4n) is 13.5. The van der Waals surface area contributed by atoms with Crippen molar-refractivity contribution in [3.8, 4) is 0 Å². The van der Waals surface area contributed by atoms with Crippen molar-refractivity contribution in [3.63, 3.8) is 0 Å². The van der Waals surface area contributed by atoms with E-state index < -0.39 is 18.3 Å². The predicted molar refractivity (Wildman–Crippen MR) is 345 cm³/mol. The second-order valence-electron chi connectivity index (χ2n) is 28.6. The number of aliphatic hydroxyl groups excluding tert-OH is 1. The number of carbonyl (C=O) groups excluding carboxylic acids is 3. The number of aliphatic hydroxyl groups is 1. The first-order valence-corrected chi connectivity index (χ1v) is 34.4. The van der Waals surface area contributed by atoms with Crippen molar-refractivity contribution in [1.29, 1.82) is 0 Å². The predicted octanol–water partition coefficient (Wildman–Crippen LogP) is 10.3. The maximum absolute atomic E-state index is 13.0. The van der Waals surface area contributed by atoms with E-state index in [9.17, 15) is 40.3 Å². The molecule has 3 aromatic carbocycles. The van der Waals surface area contributed by atoms with Gasteiger partial charge in [0.05, 0.1) is 12.3 Å². The van der Waals surface area contributed by atoms with Crippen LogP contribution in [0.3, 0.4) is 0 Å². The molecule has 0 bridgehead atoms. The van der Waals surface area contributed by atoms with Crippen LogP contribution in [0.4, 0.5) is 0 Å². The molecule has 85 heavy (non-hydrogen) atoms. The Morgan fingerprint density at radius 2 is 0.624 bits per heavy atom. The first kappa shape index (κ1) is 76.8. The van der Waals surface area contributed by atoms with Crippen LogP contribution in [-0.4, -0.2) is 150 Å². The Bertz CT molecular complexity index is 2290. The van der Waals surface area contributed by atoms with Crippen LogP contribution >= 0.6 is 39.1 Å². The van der Waals surface area contributed by atoms with Crippen molar-refractivity contribution >= 4 is 72.9 Å². The van der Waals surface area contributed by atoms with E-state index in [2.05, 4.69) is 123 Å². The van der Waals surface area contributed by atoms with Gasteiger partial charge in [0, 0.05) is 113 Å². The number of hydrogen-bond donors (Lipinski definition) is 5. The molecule has 3 aromatic rings. The number of hydroxylamine groups is 8. The molecule has 4 fully saturated rings. The summed E-state index contributed by atoms with van der Waals surface area (Å²) < 4.78 is 17.0. The fraction of sp³-hybridized carbons (Fsp3) is 0.682. The molecule has 7 rings (SSSR count). The Morgan fingerprint density at radius 3 is 0.847 bits per heavy atom. The normalized spacial score (nSPS) is 22.1. The molecule has 0 radical (unpaired) electrons. The third-order valence-electron chi connectivity index (χ3n) is 16.8. The molecule has 4 saturated heterocycles. The van der Waals surface area contributed by atoms with Crippen molar-refractivity contribution in [3.05, 3.63) is 91.0 Å². The lowest BCUT2D eigenvalue weighted by Crippen LogP contribution is -3.00. The minimum Gasteiger partial charge on any atom is -1.00 e. The number of nitrogens with zero attached hydrogens (tertiary/aromatic N) is 4. The zero-order chi connectivity index (χ0) is 63.3. The first-order chi connectivity index (χ1) is 38.8. The van der Waals surface area contributed by atoms with Crippen molar-refractivity contribution < 1.29 is 71.5 Å². The third kappa shape index (κ3) is 21.6. The molecule has 0 unspecified atom stereocenters. The number of carbonyl (C=O) groups is 3. The highest BCUT2D eigenvalue weighted by Gasteiger charge is 2.50. The zero-order valence-electron chi connectivity index (χ0n) is 54.0. The maximum Gasteiger partial charge on any atom is 0.306 e. The average molecular weight is 1400 g/mol. The van der Waals surface area contributed by atoms with Gasteiger partial charge in [-0.1, -0.05) is 86.5 Å². The summed E-state index contributed by atoms with van der Waals surface area (Å²) in [6.07, 6.45) is 8.95. The average Bonchev–Trinajstić information content (AvgIpc) is 1.35. The number of rotatable bonds is 16. The maximum atomic E-state index is 13.0. The Balaban J connectivity index is 0.000000326. The quantitative estimate of drug-likeness (QED) is 0.0393. The van der Waals surface area contributed by atoms with Crippen LogP contribution in [0.15, 0.2) is 91.0 Å². The van der Waals surface area contributed by atoms with Gasteiger partial charge in [-0.2, -0.15) is 20.3 Å². The van der Waals surface area contributed by atoms with Gasteiger partial charge in [0.1, 0.15) is 41.5 Å². The molecule has 0 saturated carbocycles. The molecule has 0 atom stereocenters. The van der Waals surface area contributed by atoms with Crippen LogP contribution in [0.25, 0.3) is 0 Å². The summed E-state index contributed by atoms with van der Waals surface area (Å²) in [5, 5.41) is 61.4. The Hall–Kier alpha value is -2.42. The molecular formula is C66H106Br3N4O11P. The minimum absolute atomic E-state index is 0. The topological polar surface area (TPSA) is 193 Å². The van der Waals surface area contributed by atoms with E-state index in [-0.39, 0.29) is 92.5 Å². The van der Waals surface area contributed by atoms with Gasteiger partial charge >= 0.3 is 17.9 Å². The number of halogens is 3. The second-order valence-corrected chi connectivity index (χ2v) is 33.8. The minimum atomic E-state index is -1.95. The second kappa shape index (κ2) is 32.0. The van der Waals surface area contributed by atoms with Gasteiger partial charge in [-0.15, -0.1) is 0 Å². The van der Waals surface area contributed by atoms with E-state index >= 15 is 0 Å². The molecule has 4 aliphatic heterocycles. The molecule has 4 heterocycles. The lowest BCUT2D eigenvalue weighted by Gasteiger charge is -2.50. The summed E-state index contributed by atoms with van der Waals surface area (Å²) in [5.74, 6) is -0.430. The molecule has 19 heteroatoms. The summed E-state index contributed by atoms with van der Waals surface area (Å²) in [6, 6.07) is 32.3. The molecule has 482 valence electrons. The van der Waals surface area contributed by atoms with E-state index in [4.69, 9.17) is 14.2 Å². The fourth-order valence-corrected chi connectivity index (χ4v) is 18.4. The molecule has 0 spiro atoms. The Kier molecular flexibility index (Phi) is 29.0. The summed E-state index contributed by atoms with van der Waals surface area (Å²) in [4.78, 5) is 36.3. The molecule has 5 N–H and O–H groups in total. The highest BCUT2D eigenvalue weighted by molar-refractivity contribution is 9.09. The lowest BCUT2D eigenvalue weighted by molar-refractivity contribution is -0.259. The van der Waals surface area contributed by atoms with Crippen LogP contribution < -0.4 is 32.9 Å². The van der Waals surface area contributed by atoms with E-state index in [1.165, 1.54) is 36.2 Å². The van der Waals surface area contributed by atoms with Gasteiger partial charge in [0.2, 0.25) is 0 Å². The van der Waals surface area contributed by atoms with Crippen molar-refractivity contribution in [2.24, 2.45) is 0 Å². The van der Waals surface area contributed by atoms with E-state index in [1.807, 2.05) is 111 Å². The van der Waals surface area contributed by atoms with Crippen molar-refractivity contribution in [2.75, 3.05) is 16.8 Å². The van der Waals surface area contributed by atoms with Crippen LogP contribution in [0.5, 0.6) is 0 Å². The number of ether oxygens (including phenoxy) is 3. The van der Waals surface area contributed by atoms with E-state index in [1.54, 1.807) is 0 Å². The van der Waals surface area contributed by atoms with Gasteiger partial charge in [-0.3, -0.25) is 14.4 Å². The third-order valence-corrected chi connectivity index (χ3v) is 22.5. The van der Waals surface area contributed by atoms with Gasteiger partial charge < -0.3 is 57.1 Å². The number of hydrogen-bond acceptors (Lipinski definition) is 15. The molecule has 0 aromatic heterocycles. The summed E-state index contributed by atoms with van der Waals surface area (Å²) >= 11 is 6.60. The molecular weight excluding hydrogens is 1300 g/mol. The standard InChI is InChI=1S/C31H39NO3P.2C13H24BrNO3.C9H19NO2.BrH/c1-30(2)23-25(24-31(3,4)32(30)34)35-29(33)21-14-22-36(26-15-8-5-9-16-26,27-17-10-6-11-18-27)28-19-12-7-13-20-28;2*1-12(2)8-10(9-13(3,4)15(12)17)18-11(16)6-5-7-14;1-8(2)5-7(11)6-9(3,4)10(8)12;/h5-13,15-20,25,34H,14,21-24H2,1-4H3;2*10,17H,5-9H2,1-4H3;7,11-12H,5-6H2,1-4H3;1H/q+1;;;;/p-1. The smallest absolute Gasteiger partial charge is 0.306 e. The Morgan fingerprint density at radius 1 is 0.412 bits per heavy atom. The number of piperidine rings is 4. The molecule has 15 nitrogen and oxygen atoms in total. The molecule has 0 aliphatic carbocycles. The number of alkyl halides is 2.